The number of anilines is 2. The van der Waals surface area contributed by atoms with E-state index in [0.29, 0.717) is 24.4 Å². The SMILES string of the molecule is O=C(C=Cc1ccc(N2CCCCC2)cc1)c1cccc(N2CCOC2=O)c1. The average Bonchev–Trinajstić information content (AvgIpc) is 3.19. The van der Waals surface area contributed by atoms with E-state index in [1.807, 2.05) is 24.3 Å². The maximum atomic E-state index is 12.6. The van der Waals surface area contributed by atoms with Crippen molar-refractivity contribution in [3.8, 4) is 0 Å². The Kier molecular flexibility index (Phi) is 5.42. The van der Waals surface area contributed by atoms with Crippen LogP contribution in [0.3, 0.4) is 0 Å². The van der Waals surface area contributed by atoms with E-state index in [2.05, 4.69) is 17.0 Å². The molecule has 144 valence electrons. The number of carbonyl (C=O) groups excluding carboxylic acids is 2. The fourth-order valence-corrected chi connectivity index (χ4v) is 3.67. The Morgan fingerprint density at radius 2 is 1.71 bits per heavy atom. The fourth-order valence-electron chi connectivity index (χ4n) is 3.67. The Morgan fingerprint density at radius 3 is 2.43 bits per heavy atom. The van der Waals surface area contributed by atoms with Crippen LogP contribution in [0.1, 0.15) is 35.2 Å². The number of ketones is 1. The van der Waals surface area contributed by atoms with Gasteiger partial charge in [0.15, 0.2) is 5.78 Å². The Labute approximate surface area is 165 Å². The van der Waals surface area contributed by atoms with Gasteiger partial charge in [0.05, 0.1) is 6.54 Å². The second-order valence-corrected chi connectivity index (χ2v) is 7.15. The molecule has 0 saturated carbocycles. The molecule has 0 unspecified atom stereocenters. The van der Waals surface area contributed by atoms with E-state index < -0.39 is 0 Å². The quantitative estimate of drug-likeness (QED) is 0.568. The topological polar surface area (TPSA) is 49.9 Å². The van der Waals surface area contributed by atoms with Crippen LogP contribution < -0.4 is 9.80 Å². The number of allylic oxidation sites excluding steroid dienone is 1. The van der Waals surface area contributed by atoms with E-state index in [1.54, 1.807) is 29.2 Å². The number of nitrogens with zero attached hydrogens (tertiary/aromatic N) is 2. The normalized spacial score (nSPS) is 17.2. The van der Waals surface area contributed by atoms with Gasteiger partial charge in [-0.25, -0.2) is 4.79 Å². The Morgan fingerprint density at radius 1 is 0.929 bits per heavy atom. The first-order chi connectivity index (χ1) is 13.7. The molecular formula is C23H24N2O3. The Balaban J connectivity index is 1.43. The zero-order valence-electron chi connectivity index (χ0n) is 15.8. The van der Waals surface area contributed by atoms with Crippen molar-refractivity contribution in [2.24, 2.45) is 0 Å². The zero-order valence-corrected chi connectivity index (χ0v) is 15.8. The van der Waals surface area contributed by atoms with E-state index in [1.165, 1.54) is 24.9 Å². The number of cyclic esters (lactones) is 1. The van der Waals surface area contributed by atoms with Gasteiger partial charge in [0, 0.05) is 30.0 Å². The number of ether oxygens (including phenoxy) is 1. The van der Waals surface area contributed by atoms with Crippen LogP contribution in [0.15, 0.2) is 54.6 Å². The predicted molar refractivity (Wildman–Crippen MR) is 111 cm³/mol. The summed E-state index contributed by atoms with van der Waals surface area (Å²) in [5.41, 5.74) is 3.48. The summed E-state index contributed by atoms with van der Waals surface area (Å²) in [6.07, 6.45) is 6.87. The smallest absolute Gasteiger partial charge is 0.414 e. The largest absolute Gasteiger partial charge is 0.447 e. The second-order valence-electron chi connectivity index (χ2n) is 7.15. The number of rotatable bonds is 5. The van der Waals surface area contributed by atoms with Crippen molar-refractivity contribution in [2.45, 2.75) is 19.3 Å². The second kappa shape index (κ2) is 8.30. The van der Waals surface area contributed by atoms with Crippen molar-refractivity contribution >= 4 is 29.3 Å². The molecule has 0 aliphatic carbocycles. The molecule has 1 amide bonds. The molecule has 5 nitrogen and oxygen atoms in total. The molecule has 0 radical (unpaired) electrons. The summed E-state index contributed by atoms with van der Waals surface area (Å²) in [7, 11) is 0. The van der Waals surface area contributed by atoms with E-state index in [-0.39, 0.29) is 11.9 Å². The van der Waals surface area contributed by atoms with E-state index >= 15 is 0 Å². The minimum Gasteiger partial charge on any atom is -0.447 e. The molecule has 2 aromatic carbocycles. The number of hydrogen-bond acceptors (Lipinski definition) is 4. The highest BCUT2D eigenvalue weighted by Gasteiger charge is 2.23. The molecule has 2 saturated heterocycles. The van der Waals surface area contributed by atoms with Crippen LogP contribution in [-0.2, 0) is 4.74 Å². The number of carbonyl (C=O) groups is 2. The van der Waals surface area contributed by atoms with Gasteiger partial charge in [0.2, 0.25) is 0 Å². The van der Waals surface area contributed by atoms with Gasteiger partial charge < -0.3 is 9.64 Å². The third-order valence-corrected chi connectivity index (χ3v) is 5.24. The van der Waals surface area contributed by atoms with Crippen molar-refractivity contribution in [1.82, 2.24) is 0 Å². The summed E-state index contributed by atoms with van der Waals surface area (Å²) < 4.78 is 4.96. The van der Waals surface area contributed by atoms with Gasteiger partial charge in [-0.3, -0.25) is 9.69 Å². The standard InChI is InChI=1S/C23H24N2O3/c26-22(19-5-4-6-21(17-19)25-15-16-28-23(25)27)12-9-18-7-10-20(11-8-18)24-13-2-1-3-14-24/h4-12,17H,1-3,13-16H2. The fraction of sp³-hybridized carbons (Fsp3) is 0.304. The van der Waals surface area contributed by atoms with Crippen LogP contribution in [0.4, 0.5) is 16.2 Å². The first kappa shape index (κ1) is 18.3. The van der Waals surface area contributed by atoms with Crippen molar-refractivity contribution in [3.05, 3.63) is 65.7 Å². The molecule has 0 spiro atoms. The molecule has 4 rings (SSSR count). The molecule has 2 aliphatic heterocycles. The van der Waals surface area contributed by atoms with E-state index in [9.17, 15) is 9.59 Å². The zero-order chi connectivity index (χ0) is 19.3. The lowest BCUT2D eigenvalue weighted by atomic mass is 10.1. The van der Waals surface area contributed by atoms with Crippen LogP contribution >= 0.6 is 0 Å². The van der Waals surface area contributed by atoms with Gasteiger partial charge in [0.25, 0.3) is 0 Å². The lowest BCUT2D eigenvalue weighted by Crippen LogP contribution is -2.29. The monoisotopic (exact) mass is 376 g/mol. The first-order valence-electron chi connectivity index (χ1n) is 9.82. The van der Waals surface area contributed by atoms with Crippen LogP contribution in [-0.4, -0.2) is 38.1 Å². The summed E-state index contributed by atoms with van der Waals surface area (Å²) in [6, 6.07) is 15.4. The number of hydrogen-bond donors (Lipinski definition) is 0. The third kappa shape index (κ3) is 4.09. The minimum atomic E-state index is -0.367. The highest BCUT2D eigenvalue weighted by atomic mass is 16.6. The van der Waals surface area contributed by atoms with E-state index in [4.69, 9.17) is 4.74 Å². The summed E-state index contributed by atoms with van der Waals surface area (Å²) in [5.74, 6) is -0.0884. The Bertz CT molecular complexity index is 883. The van der Waals surface area contributed by atoms with Crippen LogP contribution in [0, 0.1) is 0 Å². The van der Waals surface area contributed by atoms with Gasteiger partial charge >= 0.3 is 6.09 Å². The number of amides is 1. The molecule has 0 N–H and O–H groups in total. The van der Waals surface area contributed by atoms with Crippen molar-refractivity contribution < 1.29 is 14.3 Å². The molecule has 2 aliphatic rings. The Hall–Kier alpha value is -3.08. The van der Waals surface area contributed by atoms with Gasteiger partial charge in [0.1, 0.15) is 6.61 Å². The van der Waals surface area contributed by atoms with Crippen molar-refractivity contribution in [2.75, 3.05) is 36.0 Å². The van der Waals surface area contributed by atoms with Crippen LogP contribution in [0.25, 0.3) is 6.08 Å². The highest BCUT2D eigenvalue weighted by Crippen LogP contribution is 2.22. The lowest BCUT2D eigenvalue weighted by molar-refractivity contribution is 0.104. The van der Waals surface area contributed by atoms with Gasteiger partial charge in [-0.1, -0.05) is 30.3 Å². The molecule has 28 heavy (non-hydrogen) atoms. The molecule has 2 heterocycles. The van der Waals surface area contributed by atoms with Crippen molar-refractivity contribution in [3.63, 3.8) is 0 Å². The third-order valence-electron chi connectivity index (χ3n) is 5.24. The van der Waals surface area contributed by atoms with E-state index in [0.717, 1.165) is 18.7 Å². The maximum Gasteiger partial charge on any atom is 0.414 e. The molecule has 0 atom stereocenters. The predicted octanol–water partition coefficient (Wildman–Crippen LogP) is 4.53. The summed E-state index contributed by atoms with van der Waals surface area (Å²) in [5, 5.41) is 0. The molecule has 5 heteroatoms. The number of benzene rings is 2. The minimum absolute atomic E-state index is 0.0884. The molecule has 0 aromatic heterocycles. The van der Waals surface area contributed by atoms with Gasteiger partial charge in [-0.05, 0) is 55.2 Å². The average molecular weight is 376 g/mol. The molecule has 2 fully saturated rings. The van der Waals surface area contributed by atoms with Crippen LogP contribution in [0.2, 0.25) is 0 Å². The maximum absolute atomic E-state index is 12.6. The number of piperidine rings is 1. The summed E-state index contributed by atoms with van der Waals surface area (Å²) >= 11 is 0. The van der Waals surface area contributed by atoms with Crippen LogP contribution in [0.5, 0.6) is 0 Å². The summed E-state index contributed by atoms with van der Waals surface area (Å²) in [6.45, 7) is 3.13. The highest BCUT2D eigenvalue weighted by molar-refractivity contribution is 6.07. The van der Waals surface area contributed by atoms with Gasteiger partial charge in [-0.2, -0.15) is 0 Å². The molecule has 0 bridgehead atoms. The first-order valence-corrected chi connectivity index (χ1v) is 9.82. The summed E-state index contributed by atoms with van der Waals surface area (Å²) in [4.78, 5) is 28.2. The lowest BCUT2D eigenvalue weighted by Gasteiger charge is -2.28. The molecular weight excluding hydrogens is 352 g/mol. The van der Waals surface area contributed by atoms with Crippen molar-refractivity contribution in [1.29, 1.82) is 0 Å². The molecule has 2 aromatic rings. The van der Waals surface area contributed by atoms with Gasteiger partial charge in [-0.15, -0.1) is 0 Å².